The van der Waals surface area contributed by atoms with Gasteiger partial charge in [0.15, 0.2) is 0 Å². The molecule has 2 N–H and O–H groups in total. The molecule has 0 saturated heterocycles. The first-order valence-corrected chi connectivity index (χ1v) is 10.4. The molecule has 1 aliphatic heterocycles. The number of rotatable bonds is 4. The van der Waals surface area contributed by atoms with Crippen LogP contribution in [0.2, 0.25) is 5.02 Å². The van der Waals surface area contributed by atoms with Crippen molar-refractivity contribution in [1.82, 2.24) is 15.2 Å². The van der Waals surface area contributed by atoms with Gasteiger partial charge in [-0.25, -0.2) is 4.79 Å². The number of nitrogens with one attached hydrogen (secondary N) is 2. The van der Waals surface area contributed by atoms with E-state index < -0.39 is 5.97 Å². The highest BCUT2D eigenvalue weighted by Gasteiger charge is 2.34. The van der Waals surface area contributed by atoms with Crippen LogP contribution in [-0.4, -0.2) is 41.6 Å². The highest BCUT2D eigenvalue weighted by molar-refractivity contribution is 6.31. The van der Waals surface area contributed by atoms with Crippen molar-refractivity contribution in [3.63, 3.8) is 0 Å². The minimum atomic E-state index is -0.448. The van der Waals surface area contributed by atoms with Gasteiger partial charge in [0.25, 0.3) is 0 Å². The van der Waals surface area contributed by atoms with Crippen molar-refractivity contribution in [2.24, 2.45) is 0 Å². The normalized spacial score (nSPS) is 15.7. The molecule has 1 atom stereocenters. The number of esters is 1. The molecule has 0 radical (unpaired) electrons. The van der Waals surface area contributed by atoms with E-state index in [0.29, 0.717) is 18.0 Å². The van der Waals surface area contributed by atoms with Gasteiger partial charge < -0.3 is 19.9 Å². The van der Waals surface area contributed by atoms with Gasteiger partial charge in [-0.05, 0) is 49.6 Å². The Hall–Kier alpha value is -2.99. The summed E-state index contributed by atoms with van der Waals surface area (Å²) in [7, 11) is 0. The number of nitrogens with zero attached hydrogens (tertiary/aromatic N) is 1. The number of ether oxygens (including phenoxy) is 1. The van der Waals surface area contributed by atoms with E-state index >= 15 is 0 Å². The summed E-state index contributed by atoms with van der Waals surface area (Å²) in [5, 5.41) is 4.47. The van der Waals surface area contributed by atoms with Crippen LogP contribution < -0.4 is 5.32 Å². The number of fused-ring (bicyclic) bond motifs is 3. The number of carbonyl (C=O) groups is 2. The fourth-order valence-corrected chi connectivity index (χ4v) is 4.21. The molecule has 1 aromatic heterocycles. The van der Waals surface area contributed by atoms with Gasteiger partial charge in [0.2, 0.25) is 0 Å². The zero-order chi connectivity index (χ0) is 21.3. The van der Waals surface area contributed by atoms with E-state index in [1.165, 1.54) is 5.56 Å². The Morgan fingerprint density at radius 3 is 2.73 bits per heavy atom. The Labute approximate surface area is 180 Å². The Kier molecular flexibility index (Phi) is 5.68. The molecule has 2 amide bonds. The van der Waals surface area contributed by atoms with Crippen LogP contribution >= 0.6 is 11.6 Å². The first kappa shape index (κ1) is 20.3. The van der Waals surface area contributed by atoms with Crippen LogP contribution in [0.25, 0.3) is 10.9 Å². The summed E-state index contributed by atoms with van der Waals surface area (Å²) in [5.41, 5.74) is 5.30. The van der Waals surface area contributed by atoms with Crippen LogP contribution in [0.5, 0.6) is 0 Å². The number of aromatic amines is 1. The standard InChI is InChI=1S/C23H24ClN3O3/c1-3-30-20(28)13-25-23(29)27-11-10-17-18-12-16(24)8-9-19(18)26-21(17)22(27)15-6-4-14(2)5-7-15/h4-9,12,22,26H,3,10-11,13H2,1-2H3,(H,25,29). The number of hydrogen-bond acceptors (Lipinski definition) is 3. The van der Waals surface area contributed by atoms with Crippen molar-refractivity contribution in [2.45, 2.75) is 26.3 Å². The second-order valence-electron chi connectivity index (χ2n) is 7.43. The molecule has 3 aromatic rings. The third-order valence-electron chi connectivity index (χ3n) is 5.43. The maximum Gasteiger partial charge on any atom is 0.325 e. The molecule has 30 heavy (non-hydrogen) atoms. The number of halogens is 1. The maximum absolute atomic E-state index is 13.0. The second kappa shape index (κ2) is 8.40. The van der Waals surface area contributed by atoms with Gasteiger partial charge in [0.1, 0.15) is 6.54 Å². The second-order valence-corrected chi connectivity index (χ2v) is 7.86. The first-order chi connectivity index (χ1) is 14.5. The topological polar surface area (TPSA) is 74.4 Å². The summed E-state index contributed by atoms with van der Waals surface area (Å²) in [4.78, 5) is 30.0. The fourth-order valence-electron chi connectivity index (χ4n) is 4.04. The summed E-state index contributed by atoms with van der Waals surface area (Å²) in [5.74, 6) is -0.448. The predicted molar refractivity (Wildman–Crippen MR) is 117 cm³/mol. The molecule has 7 heteroatoms. The molecule has 156 valence electrons. The van der Waals surface area contributed by atoms with E-state index in [2.05, 4.69) is 10.3 Å². The minimum Gasteiger partial charge on any atom is -0.465 e. The van der Waals surface area contributed by atoms with Crippen LogP contribution in [0.4, 0.5) is 4.79 Å². The smallest absolute Gasteiger partial charge is 0.325 e. The van der Waals surface area contributed by atoms with Gasteiger partial charge in [-0.3, -0.25) is 4.79 Å². The van der Waals surface area contributed by atoms with Crippen molar-refractivity contribution in [3.05, 3.63) is 69.9 Å². The molecule has 0 saturated carbocycles. The summed E-state index contributed by atoms with van der Waals surface area (Å²) >= 11 is 6.23. The van der Waals surface area contributed by atoms with Gasteiger partial charge in [-0.15, -0.1) is 0 Å². The third kappa shape index (κ3) is 3.87. The van der Waals surface area contributed by atoms with Crippen molar-refractivity contribution < 1.29 is 14.3 Å². The number of aryl methyl sites for hydroxylation is 1. The molecule has 4 rings (SSSR count). The van der Waals surface area contributed by atoms with Gasteiger partial charge in [-0.2, -0.15) is 0 Å². The van der Waals surface area contributed by atoms with Crippen molar-refractivity contribution >= 4 is 34.5 Å². The van der Waals surface area contributed by atoms with E-state index in [0.717, 1.165) is 27.7 Å². The van der Waals surface area contributed by atoms with Crippen LogP contribution in [0, 0.1) is 6.92 Å². The van der Waals surface area contributed by atoms with Gasteiger partial charge in [-0.1, -0.05) is 41.4 Å². The van der Waals surface area contributed by atoms with Crippen molar-refractivity contribution in [1.29, 1.82) is 0 Å². The SMILES string of the molecule is CCOC(=O)CNC(=O)N1CCc2c([nH]c3ccc(Cl)cc23)C1c1ccc(C)cc1. The van der Waals surface area contributed by atoms with E-state index in [-0.39, 0.29) is 25.2 Å². The van der Waals surface area contributed by atoms with Crippen LogP contribution in [0.1, 0.15) is 35.3 Å². The van der Waals surface area contributed by atoms with Gasteiger partial charge >= 0.3 is 12.0 Å². The van der Waals surface area contributed by atoms with Crippen molar-refractivity contribution in [3.8, 4) is 0 Å². The Bertz CT molecular complexity index is 1090. The summed E-state index contributed by atoms with van der Waals surface area (Å²) in [6.45, 7) is 4.43. The van der Waals surface area contributed by atoms with Crippen LogP contribution in [-0.2, 0) is 16.0 Å². The summed E-state index contributed by atoms with van der Waals surface area (Å²) < 4.78 is 4.92. The number of H-pyrrole nitrogens is 1. The highest BCUT2D eigenvalue weighted by atomic mass is 35.5. The molecule has 6 nitrogen and oxygen atoms in total. The number of aromatic nitrogens is 1. The van der Waals surface area contributed by atoms with E-state index in [1.807, 2.05) is 49.4 Å². The van der Waals surface area contributed by atoms with E-state index in [4.69, 9.17) is 16.3 Å². The van der Waals surface area contributed by atoms with E-state index in [9.17, 15) is 9.59 Å². The Morgan fingerprint density at radius 1 is 1.23 bits per heavy atom. The molecule has 1 aliphatic rings. The van der Waals surface area contributed by atoms with Crippen LogP contribution in [0.15, 0.2) is 42.5 Å². The number of amides is 2. The highest BCUT2D eigenvalue weighted by Crippen LogP contribution is 2.39. The molecule has 1 unspecified atom stereocenters. The summed E-state index contributed by atoms with van der Waals surface area (Å²) in [6, 6.07) is 13.4. The molecule has 0 aliphatic carbocycles. The molecular weight excluding hydrogens is 402 g/mol. The predicted octanol–water partition coefficient (Wildman–Crippen LogP) is 4.35. The number of urea groups is 1. The first-order valence-electron chi connectivity index (χ1n) is 10.0. The lowest BCUT2D eigenvalue weighted by Gasteiger charge is -2.36. The summed E-state index contributed by atoms with van der Waals surface area (Å²) in [6.07, 6.45) is 0.699. The monoisotopic (exact) mass is 425 g/mol. The zero-order valence-electron chi connectivity index (χ0n) is 17.0. The largest absolute Gasteiger partial charge is 0.465 e. The van der Waals surface area contributed by atoms with Crippen molar-refractivity contribution in [2.75, 3.05) is 19.7 Å². The molecular formula is C23H24ClN3O3. The quantitative estimate of drug-likeness (QED) is 0.610. The fraction of sp³-hybridized carbons (Fsp3) is 0.304. The van der Waals surface area contributed by atoms with Gasteiger partial charge in [0, 0.05) is 28.2 Å². The number of hydrogen-bond donors (Lipinski definition) is 2. The average molecular weight is 426 g/mol. The lowest BCUT2D eigenvalue weighted by molar-refractivity contribution is -0.141. The Balaban J connectivity index is 1.72. The maximum atomic E-state index is 13.0. The molecule has 2 heterocycles. The molecule has 0 spiro atoms. The lowest BCUT2D eigenvalue weighted by atomic mass is 9.92. The van der Waals surface area contributed by atoms with Crippen LogP contribution in [0.3, 0.4) is 0 Å². The van der Waals surface area contributed by atoms with Gasteiger partial charge in [0.05, 0.1) is 12.6 Å². The van der Waals surface area contributed by atoms with E-state index in [1.54, 1.807) is 11.8 Å². The average Bonchev–Trinajstić information content (AvgIpc) is 3.10. The zero-order valence-corrected chi connectivity index (χ0v) is 17.8. The minimum absolute atomic E-state index is 0.154. The number of benzene rings is 2. The third-order valence-corrected chi connectivity index (χ3v) is 5.67. The number of carbonyl (C=O) groups excluding carboxylic acids is 2. The lowest BCUT2D eigenvalue weighted by Crippen LogP contribution is -2.47. The Morgan fingerprint density at radius 2 is 2.00 bits per heavy atom. The molecule has 0 bridgehead atoms. The molecule has 2 aromatic carbocycles. The molecule has 0 fully saturated rings.